The van der Waals surface area contributed by atoms with E-state index in [4.69, 9.17) is 0 Å². The number of hydrogen-bond donors (Lipinski definition) is 1. The van der Waals surface area contributed by atoms with Crippen LogP contribution in [0.1, 0.15) is 56.7 Å². The number of nitrogens with zero attached hydrogens (tertiary/aromatic N) is 2. The van der Waals surface area contributed by atoms with Crippen LogP contribution in [0.15, 0.2) is 28.6 Å². The van der Waals surface area contributed by atoms with E-state index < -0.39 is 0 Å². The summed E-state index contributed by atoms with van der Waals surface area (Å²) in [6, 6.07) is 8.52. The highest BCUT2D eigenvalue weighted by molar-refractivity contribution is 8.00. The van der Waals surface area contributed by atoms with Gasteiger partial charge < -0.3 is 5.32 Å². The van der Waals surface area contributed by atoms with Crippen molar-refractivity contribution in [1.82, 2.24) is 10.3 Å². The average Bonchev–Trinajstić information content (AvgIpc) is 3.25. The third kappa shape index (κ3) is 4.03. The Balaban J connectivity index is 1.27. The van der Waals surface area contributed by atoms with Crippen LogP contribution in [-0.2, 0) is 4.79 Å². The van der Waals surface area contributed by atoms with Gasteiger partial charge in [0.15, 0.2) is 0 Å². The zero-order chi connectivity index (χ0) is 21.6. The lowest BCUT2D eigenvalue weighted by atomic mass is 9.48. The fourth-order valence-electron chi connectivity index (χ4n) is 6.76. The average molecular weight is 452 g/mol. The van der Waals surface area contributed by atoms with Crippen LogP contribution in [-0.4, -0.2) is 22.7 Å². The van der Waals surface area contributed by atoms with E-state index in [0.29, 0.717) is 21.8 Å². The van der Waals surface area contributed by atoms with Crippen molar-refractivity contribution in [3.8, 4) is 16.5 Å². The Kier molecular flexibility index (Phi) is 5.60. The van der Waals surface area contributed by atoms with Gasteiger partial charge in [-0.1, -0.05) is 17.8 Å². The molecule has 162 valence electrons. The predicted molar refractivity (Wildman–Crippen MR) is 126 cm³/mol. The minimum absolute atomic E-state index is 0.0538. The number of pyridine rings is 1. The lowest BCUT2D eigenvalue weighted by Crippen LogP contribution is -2.56. The predicted octanol–water partition coefficient (Wildman–Crippen LogP) is 5.80. The minimum atomic E-state index is 0.0538. The summed E-state index contributed by atoms with van der Waals surface area (Å²) in [4.78, 5) is 18.5. The third-order valence-corrected chi connectivity index (χ3v) is 9.61. The second-order valence-electron chi connectivity index (χ2n) is 9.94. The summed E-state index contributed by atoms with van der Waals surface area (Å²) < 4.78 is 0. The van der Waals surface area contributed by atoms with E-state index >= 15 is 0 Å². The molecule has 1 amide bonds. The van der Waals surface area contributed by atoms with Crippen molar-refractivity contribution in [1.29, 1.82) is 5.26 Å². The van der Waals surface area contributed by atoms with Crippen molar-refractivity contribution in [2.75, 3.05) is 5.75 Å². The summed E-state index contributed by atoms with van der Waals surface area (Å²) >= 11 is 3.00. The molecule has 0 saturated heterocycles. The summed E-state index contributed by atoms with van der Waals surface area (Å²) in [6.45, 7) is 4.16. The Morgan fingerprint density at radius 3 is 2.58 bits per heavy atom. The molecule has 4 aliphatic rings. The summed E-state index contributed by atoms with van der Waals surface area (Å²) in [5, 5.41) is 15.8. The van der Waals surface area contributed by atoms with E-state index in [-0.39, 0.29) is 11.9 Å². The van der Waals surface area contributed by atoms with Gasteiger partial charge in [-0.25, -0.2) is 4.98 Å². The quantitative estimate of drug-likeness (QED) is 0.563. The van der Waals surface area contributed by atoms with Crippen LogP contribution < -0.4 is 5.32 Å². The van der Waals surface area contributed by atoms with Crippen molar-refractivity contribution < 1.29 is 4.79 Å². The Labute approximate surface area is 192 Å². The monoisotopic (exact) mass is 451 g/mol. The van der Waals surface area contributed by atoms with Gasteiger partial charge in [0.05, 0.1) is 11.3 Å². The number of amides is 1. The van der Waals surface area contributed by atoms with Crippen LogP contribution in [0.5, 0.6) is 0 Å². The highest BCUT2D eigenvalue weighted by Gasteiger charge is 2.53. The summed E-state index contributed by atoms with van der Waals surface area (Å²) in [6.07, 6.45) is 8.11. The number of carbonyl (C=O) groups is 1. The van der Waals surface area contributed by atoms with E-state index in [1.165, 1.54) is 50.3 Å². The van der Waals surface area contributed by atoms with E-state index in [0.717, 1.165) is 33.9 Å². The van der Waals surface area contributed by atoms with Crippen LogP contribution in [0.2, 0.25) is 0 Å². The fourth-order valence-corrected chi connectivity index (χ4v) is 8.37. The smallest absolute Gasteiger partial charge is 0.230 e. The van der Waals surface area contributed by atoms with Gasteiger partial charge in [-0.2, -0.15) is 5.26 Å². The van der Waals surface area contributed by atoms with E-state index in [2.05, 4.69) is 23.3 Å². The fraction of sp³-hybridized carbons (Fsp3) is 0.560. The van der Waals surface area contributed by atoms with Crippen molar-refractivity contribution in [3.63, 3.8) is 0 Å². The van der Waals surface area contributed by atoms with Gasteiger partial charge in [0.2, 0.25) is 5.91 Å². The Morgan fingerprint density at radius 2 is 2.00 bits per heavy atom. The van der Waals surface area contributed by atoms with Crippen molar-refractivity contribution in [3.05, 3.63) is 34.8 Å². The molecule has 0 spiro atoms. The normalized spacial score (nSPS) is 29.5. The number of aromatic nitrogens is 1. The van der Waals surface area contributed by atoms with Crippen LogP contribution in [0.4, 0.5) is 0 Å². The lowest BCUT2D eigenvalue weighted by molar-refractivity contribution is -0.123. The van der Waals surface area contributed by atoms with Gasteiger partial charge in [-0.15, -0.1) is 11.3 Å². The topological polar surface area (TPSA) is 65.8 Å². The van der Waals surface area contributed by atoms with Gasteiger partial charge in [-0.05, 0) is 93.1 Å². The first-order valence-electron chi connectivity index (χ1n) is 11.3. The Morgan fingerprint density at radius 1 is 1.32 bits per heavy atom. The zero-order valence-electron chi connectivity index (χ0n) is 18.2. The molecule has 0 unspecified atom stereocenters. The highest BCUT2D eigenvalue weighted by Crippen LogP contribution is 2.61. The molecule has 0 aliphatic heterocycles. The maximum Gasteiger partial charge on any atom is 0.230 e. The largest absolute Gasteiger partial charge is 0.352 e. The number of nitrogens with one attached hydrogen (secondary N) is 1. The van der Waals surface area contributed by atoms with E-state index in [1.807, 2.05) is 30.5 Å². The molecule has 0 aromatic carbocycles. The molecule has 1 atom stereocenters. The second kappa shape index (κ2) is 8.26. The third-order valence-electron chi connectivity index (χ3n) is 7.73. The molecule has 1 N–H and O–H groups in total. The van der Waals surface area contributed by atoms with E-state index in [1.54, 1.807) is 11.3 Å². The van der Waals surface area contributed by atoms with E-state index in [9.17, 15) is 10.1 Å². The number of thiophene rings is 1. The number of hydrogen-bond acceptors (Lipinski definition) is 5. The van der Waals surface area contributed by atoms with Gasteiger partial charge in [-0.3, -0.25) is 4.79 Å². The molecule has 4 bridgehead atoms. The SMILES string of the molecule is Cc1cc(-c2cccs2)c(C#N)c(SCC(=O)N[C@@H](C)C23CC4CC(CC(C4)C2)C3)n1. The summed E-state index contributed by atoms with van der Waals surface area (Å²) in [5.41, 5.74) is 2.66. The number of carbonyl (C=O) groups excluding carboxylic acids is 1. The molecule has 2 aromatic heterocycles. The van der Waals surface area contributed by atoms with Crippen LogP contribution in [0.3, 0.4) is 0 Å². The standard InChI is InChI=1S/C25H29N3OS2/c1-15-6-20(22-4-3-5-30-22)21(13-26)24(27-15)31-14-23(29)28-16(2)25-10-17-7-18(11-25)9-19(8-17)12-25/h3-6,16-19H,7-12,14H2,1-2H3,(H,28,29)/t16-,17?,18?,19?,25?/m0/s1. The van der Waals surface area contributed by atoms with Crippen LogP contribution >= 0.6 is 23.1 Å². The molecular weight excluding hydrogens is 422 g/mol. The minimum Gasteiger partial charge on any atom is -0.352 e. The van der Waals surface area contributed by atoms with Gasteiger partial charge in [0.1, 0.15) is 11.1 Å². The zero-order valence-corrected chi connectivity index (χ0v) is 19.8. The Hall–Kier alpha value is -1.84. The molecule has 4 aliphatic carbocycles. The molecule has 6 heteroatoms. The summed E-state index contributed by atoms with van der Waals surface area (Å²) in [5.74, 6) is 2.99. The first-order chi connectivity index (χ1) is 15.0. The molecule has 4 nitrogen and oxygen atoms in total. The maximum absolute atomic E-state index is 12.9. The summed E-state index contributed by atoms with van der Waals surface area (Å²) in [7, 11) is 0. The highest BCUT2D eigenvalue weighted by atomic mass is 32.2. The van der Waals surface area contributed by atoms with Crippen LogP contribution in [0, 0.1) is 41.4 Å². The van der Waals surface area contributed by atoms with Gasteiger partial charge in [0.25, 0.3) is 0 Å². The van der Waals surface area contributed by atoms with Gasteiger partial charge in [0, 0.05) is 22.2 Å². The molecule has 2 heterocycles. The van der Waals surface area contributed by atoms with Crippen LogP contribution in [0.25, 0.3) is 10.4 Å². The molecule has 0 radical (unpaired) electrons. The second-order valence-corrected chi connectivity index (χ2v) is 11.9. The van der Waals surface area contributed by atoms with Gasteiger partial charge >= 0.3 is 0 Å². The molecule has 6 rings (SSSR count). The molecule has 4 saturated carbocycles. The lowest BCUT2D eigenvalue weighted by Gasteiger charge is -2.59. The molecule has 31 heavy (non-hydrogen) atoms. The first kappa shape index (κ1) is 21.0. The maximum atomic E-state index is 12.9. The number of thioether (sulfide) groups is 1. The number of aryl methyl sites for hydroxylation is 1. The Bertz CT molecular complexity index is 989. The molecule has 4 fully saturated rings. The number of rotatable bonds is 6. The van der Waals surface area contributed by atoms with Crippen molar-refractivity contribution >= 4 is 29.0 Å². The molecular formula is C25H29N3OS2. The van der Waals surface area contributed by atoms with Crippen molar-refractivity contribution in [2.24, 2.45) is 23.2 Å². The molecule has 2 aromatic rings. The number of nitriles is 1. The first-order valence-corrected chi connectivity index (χ1v) is 13.2. The van der Waals surface area contributed by atoms with Crippen molar-refractivity contribution in [2.45, 2.75) is 63.4 Å².